The van der Waals surface area contributed by atoms with E-state index in [1.165, 1.54) is 0 Å². The molecule has 0 fully saturated rings. The predicted molar refractivity (Wildman–Crippen MR) is 76.3 cm³/mol. The Kier molecular flexibility index (Phi) is 3.32. The van der Waals surface area contributed by atoms with Gasteiger partial charge in [-0.05, 0) is 35.6 Å². The van der Waals surface area contributed by atoms with Crippen LogP contribution in [0.2, 0.25) is 0 Å². The van der Waals surface area contributed by atoms with Crippen molar-refractivity contribution in [2.45, 2.75) is 13.3 Å². The van der Waals surface area contributed by atoms with Crippen LogP contribution in [-0.2, 0) is 6.42 Å². The standard InChI is InChI=1S/C15H11N3OS/c1-10-8-20-9-13(10)15-17-14(19-18-15)6-11-2-4-12(7-16)5-3-11/h2-5,8-9H,6H2,1H3. The van der Waals surface area contributed by atoms with E-state index in [1.807, 2.05) is 24.4 Å². The molecule has 0 spiro atoms. The van der Waals surface area contributed by atoms with E-state index in [0.29, 0.717) is 23.7 Å². The Balaban J connectivity index is 1.80. The van der Waals surface area contributed by atoms with Crippen LogP contribution in [-0.4, -0.2) is 10.1 Å². The third kappa shape index (κ3) is 2.46. The van der Waals surface area contributed by atoms with Crippen molar-refractivity contribution in [3.63, 3.8) is 0 Å². The molecule has 3 aromatic rings. The molecule has 0 aliphatic rings. The largest absolute Gasteiger partial charge is 0.339 e. The summed E-state index contributed by atoms with van der Waals surface area (Å²) in [6, 6.07) is 9.47. The number of nitrogens with zero attached hydrogens (tertiary/aromatic N) is 3. The molecule has 3 rings (SSSR count). The average molecular weight is 281 g/mol. The van der Waals surface area contributed by atoms with Crippen LogP contribution >= 0.6 is 11.3 Å². The smallest absolute Gasteiger partial charge is 0.231 e. The maximum Gasteiger partial charge on any atom is 0.231 e. The highest BCUT2D eigenvalue weighted by molar-refractivity contribution is 7.08. The predicted octanol–water partition coefficient (Wildman–Crippen LogP) is 3.57. The molecule has 0 aliphatic heterocycles. The Hall–Kier alpha value is -2.45. The number of benzene rings is 1. The zero-order valence-electron chi connectivity index (χ0n) is 10.8. The fourth-order valence-electron chi connectivity index (χ4n) is 1.90. The van der Waals surface area contributed by atoms with Crippen LogP contribution in [0.15, 0.2) is 39.5 Å². The minimum atomic E-state index is 0.571. The third-order valence-corrected chi connectivity index (χ3v) is 3.86. The molecule has 5 heteroatoms. The Morgan fingerprint density at radius 3 is 2.70 bits per heavy atom. The molecule has 0 bridgehead atoms. The molecule has 0 saturated heterocycles. The molecular weight excluding hydrogens is 270 g/mol. The molecule has 4 nitrogen and oxygen atoms in total. The van der Waals surface area contributed by atoms with Crippen LogP contribution in [0, 0.1) is 18.3 Å². The van der Waals surface area contributed by atoms with Gasteiger partial charge in [-0.3, -0.25) is 0 Å². The summed E-state index contributed by atoms with van der Waals surface area (Å²) in [5.74, 6) is 1.21. The molecule has 98 valence electrons. The summed E-state index contributed by atoms with van der Waals surface area (Å²) in [6.07, 6.45) is 0.571. The van der Waals surface area contributed by atoms with E-state index >= 15 is 0 Å². The van der Waals surface area contributed by atoms with E-state index in [4.69, 9.17) is 9.78 Å². The quantitative estimate of drug-likeness (QED) is 0.736. The average Bonchev–Trinajstić information content (AvgIpc) is 3.08. The zero-order valence-corrected chi connectivity index (χ0v) is 11.6. The molecular formula is C15H11N3OS. The van der Waals surface area contributed by atoms with Crippen LogP contribution < -0.4 is 0 Å². The van der Waals surface area contributed by atoms with E-state index in [0.717, 1.165) is 16.7 Å². The van der Waals surface area contributed by atoms with Gasteiger partial charge in [0.15, 0.2) is 0 Å². The first kappa shape index (κ1) is 12.6. The Morgan fingerprint density at radius 1 is 1.25 bits per heavy atom. The van der Waals surface area contributed by atoms with Crippen LogP contribution in [0.25, 0.3) is 11.4 Å². The van der Waals surface area contributed by atoms with Crippen LogP contribution in [0.4, 0.5) is 0 Å². The van der Waals surface area contributed by atoms with Gasteiger partial charge in [0.2, 0.25) is 11.7 Å². The fourth-order valence-corrected chi connectivity index (χ4v) is 2.72. The molecule has 1 aromatic carbocycles. The van der Waals surface area contributed by atoms with E-state index in [2.05, 4.69) is 21.6 Å². The number of nitriles is 1. The number of aryl methyl sites for hydroxylation is 1. The van der Waals surface area contributed by atoms with Crippen LogP contribution in [0.3, 0.4) is 0 Å². The monoisotopic (exact) mass is 281 g/mol. The second-order valence-corrected chi connectivity index (χ2v) is 5.21. The first-order valence-corrected chi connectivity index (χ1v) is 7.05. The molecule has 0 atom stereocenters. The van der Waals surface area contributed by atoms with Gasteiger partial charge in [-0.25, -0.2) is 0 Å². The van der Waals surface area contributed by atoms with Gasteiger partial charge in [0.05, 0.1) is 18.1 Å². The van der Waals surface area contributed by atoms with Crippen molar-refractivity contribution in [3.8, 4) is 17.5 Å². The zero-order chi connectivity index (χ0) is 13.9. The Bertz CT molecular complexity index is 765. The first-order valence-electron chi connectivity index (χ1n) is 6.11. The normalized spacial score (nSPS) is 10.4. The number of aromatic nitrogens is 2. The summed E-state index contributed by atoms with van der Waals surface area (Å²) in [5.41, 5.74) is 3.86. The Labute approximate surface area is 120 Å². The summed E-state index contributed by atoms with van der Waals surface area (Å²) in [7, 11) is 0. The third-order valence-electron chi connectivity index (χ3n) is 3.00. The number of rotatable bonds is 3. The van der Waals surface area contributed by atoms with Gasteiger partial charge < -0.3 is 4.52 Å². The minimum absolute atomic E-state index is 0.571. The topological polar surface area (TPSA) is 62.7 Å². The van der Waals surface area contributed by atoms with E-state index < -0.39 is 0 Å². The van der Waals surface area contributed by atoms with E-state index in [-0.39, 0.29) is 0 Å². The second-order valence-electron chi connectivity index (χ2n) is 4.47. The van der Waals surface area contributed by atoms with E-state index in [1.54, 1.807) is 23.5 Å². The van der Waals surface area contributed by atoms with Crippen molar-refractivity contribution < 1.29 is 4.52 Å². The molecule has 0 radical (unpaired) electrons. The molecule has 0 aliphatic carbocycles. The SMILES string of the molecule is Cc1cscc1-c1noc(Cc2ccc(C#N)cc2)n1. The molecule has 0 unspecified atom stereocenters. The van der Waals surface area contributed by atoms with Crippen molar-refractivity contribution in [3.05, 3.63) is 57.6 Å². The summed E-state index contributed by atoms with van der Waals surface area (Å²) in [4.78, 5) is 4.42. The summed E-state index contributed by atoms with van der Waals surface area (Å²) in [6.45, 7) is 2.03. The van der Waals surface area contributed by atoms with Gasteiger partial charge in [-0.15, -0.1) is 0 Å². The van der Waals surface area contributed by atoms with Gasteiger partial charge in [-0.1, -0.05) is 17.3 Å². The fraction of sp³-hybridized carbons (Fsp3) is 0.133. The lowest BCUT2D eigenvalue weighted by atomic mass is 10.1. The maximum atomic E-state index is 8.76. The number of thiophene rings is 1. The lowest BCUT2D eigenvalue weighted by molar-refractivity contribution is 0.385. The highest BCUT2D eigenvalue weighted by Gasteiger charge is 2.11. The molecule has 0 N–H and O–H groups in total. The molecule has 2 heterocycles. The van der Waals surface area contributed by atoms with Crippen LogP contribution in [0.1, 0.15) is 22.6 Å². The minimum Gasteiger partial charge on any atom is -0.339 e. The number of hydrogen-bond acceptors (Lipinski definition) is 5. The van der Waals surface area contributed by atoms with Crippen LogP contribution in [0.5, 0.6) is 0 Å². The molecule has 2 aromatic heterocycles. The lowest BCUT2D eigenvalue weighted by Crippen LogP contribution is -1.89. The van der Waals surface area contributed by atoms with Crippen molar-refractivity contribution in [2.24, 2.45) is 0 Å². The van der Waals surface area contributed by atoms with Gasteiger partial charge in [0, 0.05) is 10.9 Å². The summed E-state index contributed by atoms with van der Waals surface area (Å²) >= 11 is 1.63. The molecule has 0 amide bonds. The first-order chi connectivity index (χ1) is 9.76. The highest BCUT2D eigenvalue weighted by Crippen LogP contribution is 2.24. The summed E-state index contributed by atoms with van der Waals surface area (Å²) in [5, 5.41) is 16.9. The van der Waals surface area contributed by atoms with Crippen molar-refractivity contribution >= 4 is 11.3 Å². The van der Waals surface area contributed by atoms with Crippen molar-refractivity contribution in [1.29, 1.82) is 5.26 Å². The van der Waals surface area contributed by atoms with Gasteiger partial charge in [0.1, 0.15) is 0 Å². The molecule has 0 saturated carbocycles. The number of hydrogen-bond donors (Lipinski definition) is 0. The second kappa shape index (κ2) is 5.27. The van der Waals surface area contributed by atoms with Gasteiger partial charge in [-0.2, -0.15) is 21.6 Å². The Morgan fingerprint density at radius 2 is 2.05 bits per heavy atom. The van der Waals surface area contributed by atoms with Crippen molar-refractivity contribution in [1.82, 2.24) is 10.1 Å². The maximum absolute atomic E-state index is 8.76. The summed E-state index contributed by atoms with van der Waals surface area (Å²) < 4.78 is 5.28. The molecule has 20 heavy (non-hydrogen) atoms. The highest BCUT2D eigenvalue weighted by atomic mass is 32.1. The van der Waals surface area contributed by atoms with Crippen molar-refractivity contribution in [2.75, 3.05) is 0 Å². The lowest BCUT2D eigenvalue weighted by Gasteiger charge is -1.96. The van der Waals surface area contributed by atoms with Gasteiger partial charge in [0.25, 0.3) is 0 Å². The van der Waals surface area contributed by atoms with E-state index in [9.17, 15) is 0 Å². The van der Waals surface area contributed by atoms with Gasteiger partial charge >= 0.3 is 0 Å².